The third-order valence-corrected chi connectivity index (χ3v) is 6.75. The van der Waals surface area contributed by atoms with Gasteiger partial charge in [0.05, 0.1) is 7.11 Å². The molecule has 2 aliphatic heterocycles. The van der Waals surface area contributed by atoms with Crippen molar-refractivity contribution in [1.29, 1.82) is 0 Å². The van der Waals surface area contributed by atoms with E-state index < -0.39 is 0 Å². The topological polar surface area (TPSA) is 39.3 Å². The molecule has 0 bridgehead atoms. The summed E-state index contributed by atoms with van der Waals surface area (Å²) in [6, 6.07) is 17.0. The molecular weight excluding hydrogens is 400 g/mol. The van der Waals surface area contributed by atoms with E-state index in [1.165, 1.54) is 11.3 Å². The summed E-state index contributed by atoms with van der Waals surface area (Å²) in [5.74, 6) is 1.03. The Balaban J connectivity index is 1.26. The first-order chi connectivity index (χ1) is 15.5. The van der Waals surface area contributed by atoms with Crippen molar-refractivity contribution in [2.75, 3.05) is 64.4 Å². The van der Waals surface area contributed by atoms with Crippen LogP contribution in [0.2, 0.25) is 0 Å². The molecule has 4 rings (SSSR count). The summed E-state index contributed by atoms with van der Waals surface area (Å²) < 4.78 is 5.23. The minimum atomic E-state index is 0.144. The molecule has 0 unspecified atom stereocenters. The van der Waals surface area contributed by atoms with Crippen LogP contribution < -0.4 is 9.64 Å². The lowest BCUT2D eigenvalue weighted by atomic mass is 10.1. The zero-order valence-corrected chi connectivity index (χ0v) is 19.7. The van der Waals surface area contributed by atoms with Crippen molar-refractivity contribution in [1.82, 2.24) is 14.7 Å². The number of rotatable bonds is 6. The first-order valence-corrected chi connectivity index (χ1v) is 11.8. The molecule has 6 nitrogen and oxygen atoms in total. The summed E-state index contributed by atoms with van der Waals surface area (Å²) in [6.45, 7) is 13.0. The second-order valence-corrected chi connectivity index (χ2v) is 9.08. The lowest BCUT2D eigenvalue weighted by Crippen LogP contribution is -2.49. The molecule has 6 heteroatoms. The maximum absolute atomic E-state index is 13.0. The van der Waals surface area contributed by atoms with Crippen LogP contribution in [-0.4, -0.2) is 86.1 Å². The average molecular weight is 437 g/mol. The van der Waals surface area contributed by atoms with Crippen LogP contribution in [0.15, 0.2) is 48.5 Å². The molecule has 1 amide bonds. The summed E-state index contributed by atoms with van der Waals surface area (Å²) in [5.41, 5.74) is 3.28. The fraction of sp³-hybridized carbons (Fsp3) is 0.500. The maximum atomic E-state index is 13.0. The van der Waals surface area contributed by atoms with Crippen molar-refractivity contribution in [3.8, 4) is 5.75 Å². The lowest BCUT2D eigenvalue weighted by Gasteiger charge is -2.38. The van der Waals surface area contributed by atoms with Crippen LogP contribution in [0.1, 0.15) is 29.8 Å². The fourth-order valence-electron chi connectivity index (χ4n) is 4.59. The van der Waals surface area contributed by atoms with E-state index in [0.29, 0.717) is 6.04 Å². The highest BCUT2D eigenvalue weighted by Gasteiger charge is 2.23. The molecule has 2 aromatic carbocycles. The highest BCUT2D eigenvalue weighted by molar-refractivity contribution is 5.94. The van der Waals surface area contributed by atoms with E-state index in [1.54, 1.807) is 7.11 Å². The molecule has 0 spiro atoms. The van der Waals surface area contributed by atoms with Gasteiger partial charge in [-0.2, -0.15) is 0 Å². The predicted octanol–water partition coefficient (Wildman–Crippen LogP) is 3.18. The molecule has 2 aliphatic rings. The largest absolute Gasteiger partial charge is 0.497 e. The normalized spacial score (nSPS) is 18.2. The van der Waals surface area contributed by atoms with E-state index in [9.17, 15) is 4.79 Å². The molecule has 172 valence electrons. The fourth-order valence-corrected chi connectivity index (χ4v) is 4.59. The van der Waals surface area contributed by atoms with E-state index in [4.69, 9.17) is 4.74 Å². The second-order valence-electron chi connectivity index (χ2n) is 9.08. The van der Waals surface area contributed by atoms with Crippen LogP contribution in [0.4, 0.5) is 5.69 Å². The van der Waals surface area contributed by atoms with Crippen LogP contribution in [0, 0.1) is 0 Å². The number of hydrogen-bond acceptors (Lipinski definition) is 5. The van der Waals surface area contributed by atoms with Gasteiger partial charge in [-0.05, 0) is 55.8 Å². The monoisotopic (exact) mass is 436 g/mol. The minimum absolute atomic E-state index is 0.144. The molecule has 2 fully saturated rings. The van der Waals surface area contributed by atoms with Gasteiger partial charge in [-0.1, -0.05) is 12.1 Å². The Kier molecular flexibility index (Phi) is 7.33. The highest BCUT2D eigenvalue weighted by Crippen LogP contribution is 2.20. The summed E-state index contributed by atoms with van der Waals surface area (Å²) >= 11 is 0. The van der Waals surface area contributed by atoms with E-state index in [-0.39, 0.29) is 5.91 Å². The van der Waals surface area contributed by atoms with Gasteiger partial charge in [-0.25, -0.2) is 0 Å². The molecule has 0 N–H and O–H groups in total. The maximum Gasteiger partial charge on any atom is 0.253 e. The summed E-state index contributed by atoms with van der Waals surface area (Å²) in [7, 11) is 1.69. The number of nitrogens with zero attached hydrogens (tertiary/aromatic N) is 4. The van der Waals surface area contributed by atoms with Crippen molar-refractivity contribution < 1.29 is 9.53 Å². The van der Waals surface area contributed by atoms with Crippen LogP contribution in [0.5, 0.6) is 5.75 Å². The summed E-state index contributed by atoms with van der Waals surface area (Å²) in [5, 5.41) is 0. The molecule has 2 heterocycles. The van der Waals surface area contributed by atoms with Gasteiger partial charge in [0.15, 0.2) is 0 Å². The second kappa shape index (κ2) is 10.4. The Bertz CT molecular complexity index is 866. The number of hydrogen-bond donors (Lipinski definition) is 0. The molecular formula is C26H36N4O2. The zero-order chi connectivity index (χ0) is 22.5. The molecule has 2 aromatic rings. The number of ether oxygens (including phenoxy) is 1. The van der Waals surface area contributed by atoms with Crippen molar-refractivity contribution in [2.45, 2.75) is 26.4 Å². The van der Waals surface area contributed by atoms with Gasteiger partial charge >= 0.3 is 0 Å². The van der Waals surface area contributed by atoms with Crippen LogP contribution >= 0.6 is 0 Å². The van der Waals surface area contributed by atoms with E-state index in [1.807, 2.05) is 29.2 Å². The number of carbonyl (C=O) groups is 1. The average Bonchev–Trinajstić information content (AvgIpc) is 2.85. The van der Waals surface area contributed by atoms with Crippen LogP contribution in [0.25, 0.3) is 0 Å². The van der Waals surface area contributed by atoms with Crippen LogP contribution in [0.3, 0.4) is 0 Å². The van der Waals surface area contributed by atoms with E-state index in [0.717, 1.165) is 70.2 Å². The summed E-state index contributed by atoms with van der Waals surface area (Å²) in [6.07, 6.45) is 0. The van der Waals surface area contributed by atoms with E-state index in [2.05, 4.69) is 52.8 Å². The predicted molar refractivity (Wildman–Crippen MR) is 130 cm³/mol. The molecule has 2 saturated heterocycles. The number of amides is 1. The Labute approximate surface area is 192 Å². The van der Waals surface area contributed by atoms with Gasteiger partial charge in [0.25, 0.3) is 5.91 Å². The van der Waals surface area contributed by atoms with Crippen molar-refractivity contribution >= 4 is 11.6 Å². The minimum Gasteiger partial charge on any atom is -0.497 e. The Morgan fingerprint density at radius 2 is 1.47 bits per heavy atom. The van der Waals surface area contributed by atoms with Crippen molar-refractivity contribution in [3.05, 3.63) is 59.7 Å². The third kappa shape index (κ3) is 5.43. The van der Waals surface area contributed by atoms with Crippen molar-refractivity contribution in [3.63, 3.8) is 0 Å². The molecule has 0 aliphatic carbocycles. The van der Waals surface area contributed by atoms with Gasteiger partial charge in [-0.15, -0.1) is 0 Å². The molecule has 0 aromatic heterocycles. The molecule has 0 saturated carbocycles. The Morgan fingerprint density at radius 3 is 2.03 bits per heavy atom. The van der Waals surface area contributed by atoms with Crippen LogP contribution in [-0.2, 0) is 6.54 Å². The Morgan fingerprint density at radius 1 is 0.844 bits per heavy atom. The number of carbonyl (C=O) groups excluding carboxylic acids is 1. The van der Waals surface area contributed by atoms with Crippen molar-refractivity contribution in [2.24, 2.45) is 0 Å². The van der Waals surface area contributed by atoms with Gasteiger partial charge in [0.2, 0.25) is 0 Å². The SMILES string of the molecule is COc1ccc(CN2CCN(C(=O)c3ccc(N4CCN(C(C)C)CC4)cc3)CC2)cc1. The highest BCUT2D eigenvalue weighted by atomic mass is 16.5. The molecule has 0 atom stereocenters. The number of piperazine rings is 2. The lowest BCUT2D eigenvalue weighted by molar-refractivity contribution is 0.0628. The standard InChI is InChI=1S/C26H36N4O2/c1-21(2)28-16-18-29(19-17-28)24-8-6-23(7-9-24)26(31)30-14-12-27(13-15-30)20-22-4-10-25(32-3)11-5-22/h4-11,21H,12-20H2,1-3H3. The summed E-state index contributed by atoms with van der Waals surface area (Å²) in [4.78, 5) is 22.3. The smallest absolute Gasteiger partial charge is 0.253 e. The first kappa shape index (κ1) is 22.6. The van der Waals surface area contributed by atoms with Gasteiger partial charge < -0.3 is 14.5 Å². The molecule has 32 heavy (non-hydrogen) atoms. The Hall–Kier alpha value is -2.57. The number of methoxy groups -OCH3 is 1. The van der Waals surface area contributed by atoms with E-state index >= 15 is 0 Å². The molecule has 0 radical (unpaired) electrons. The van der Waals surface area contributed by atoms with Gasteiger partial charge in [0.1, 0.15) is 5.75 Å². The number of benzene rings is 2. The first-order valence-electron chi connectivity index (χ1n) is 11.8. The third-order valence-electron chi connectivity index (χ3n) is 6.75. The zero-order valence-electron chi connectivity index (χ0n) is 19.7. The number of anilines is 1. The quantitative estimate of drug-likeness (QED) is 0.696. The van der Waals surface area contributed by atoms with Gasteiger partial charge in [-0.3, -0.25) is 14.6 Å². The van der Waals surface area contributed by atoms with Gasteiger partial charge in [0, 0.05) is 76.2 Å².